The van der Waals surface area contributed by atoms with Crippen LogP contribution in [0.5, 0.6) is 0 Å². The molecule has 1 amide bonds. The first-order chi connectivity index (χ1) is 7.85. The zero-order chi connectivity index (χ0) is 13.1. The molecular formula is C13H24N2O2. The third-order valence-electron chi connectivity index (χ3n) is 2.86. The van der Waals surface area contributed by atoms with E-state index in [0.717, 1.165) is 32.4 Å². The predicted octanol–water partition coefficient (Wildman–Crippen LogP) is 1.34. The van der Waals surface area contributed by atoms with Gasteiger partial charge in [0.05, 0.1) is 6.04 Å². The minimum absolute atomic E-state index is 0.148. The van der Waals surface area contributed by atoms with Crippen molar-refractivity contribution in [1.29, 1.82) is 0 Å². The first-order valence-electron chi connectivity index (χ1n) is 6.46. The second-order valence-electron chi connectivity index (χ2n) is 5.75. The predicted molar refractivity (Wildman–Crippen MR) is 67.8 cm³/mol. The van der Waals surface area contributed by atoms with E-state index in [1.807, 2.05) is 27.7 Å². The van der Waals surface area contributed by atoms with Gasteiger partial charge in [-0.15, -0.1) is 0 Å². The lowest BCUT2D eigenvalue weighted by atomic mass is 10.00. The Labute approximate surface area is 104 Å². The highest BCUT2D eigenvalue weighted by atomic mass is 16.2. The second-order valence-corrected chi connectivity index (χ2v) is 5.75. The molecule has 1 heterocycles. The van der Waals surface area contributed by atoms with Crippen LogP contribution in [0.1, 0.15) is 47.0 Å². The van der Waals surface area contributed by atoms with Gasteiger partial charge < -0.3 is 10.2 Å². The van der Waals surface area contributed by atoms with E-state index in [2.05, 4.69) is 5.32 Å². The molecule has 0 bridgehead atoms. The van der Waals surface area contributed by atoms with E-state index in [4.69, 9.17) is 0 Å². The summed E-state index contributed by atoms with van der Waals surface area (Å²) in [5, 5.41) is 3.24. The summed E-state index contributed by atoms with van der Waals surface area (Å²) in [6.45, 7) is 9.53. The van der Waals surface area contributed by atoms with E-state index in [1.165, 1.54) is 0 Å². The Morgan fingerprint density at radius 3 is 2.24 bits per heavy atom. The molecule has 0 saturated carbocycles. The highest BCUT2D eigenvalue weighted by molar-refractivity contribution is 6.38. The molecule has 1 atom stereocenters. The Bertz CT molecular complexity index is 290. The number of nitrogens with one attached hydrogen (secondary N) is 1. The van der Waals surface area contributed by atoms with Crippen LogP contribution in [0.4, 0.5) is 0 Å². The van der Waals surface area contributed by atoms with Gasteiger partial charge in [0.2, 0.25) is 5.78 Å². The third-order valence-corrected chi connectivity index (χ3v) is 2.86. The van der Waals surface area contributed by atoms with E-state index in [0.29, 0.717) is 0 Å². The van der Waals surface area contributed by atoms with Crippen LogP contribution in [-0.2, 0) is 9.59 Å². The lowest BCUT2D eigenvalue weighted by molar-refractivity contribution is -0.148. The Balaban J connectivity index is 2.62. The smallest absolute Gasteiger partial charge is 0.291 e. The van der Waals surface area contributed by atoms with Gasteiger partial charge in [-0.2, -0.15) is 0 Å². The summed E-state index contributed by atoms with van der Waals surface area (Å²) in [4.78, 5) is 25.6. The molecule has 1 N–H and O–H groups in total. The van der Waals surface area contributed by atoms with Crippen LogP contribution in [0.2, 0.25) is 0 Å². The van der Waals surface area contributed by atoms with Gasteiger partial charge in [-0.3, -0.25) is 9.59 Å². The molecule has 0 aromatic rings. The number of likely N-dealkylation sites (tertiary alicyclic amines) is 1. The molecule has 4 nitrogen and oxygen atoms in total. The Hall–Kier alpha value is -0.900. The zero-order valence-electron chi connectivity index (χ0n) is 11.4. The maximum absolute atomic E-state index is 12.1. The van der Waals surface area contributed by atoms with Crippen molar-refractivity contribution in [2.24, 2.45) is 0 Å². The summed E-state index contributed by atoms with van der Waals surface area (Å²) in [6, 6.07) is -0.340. The molecule has 1 aliphatic heterocycles. The van der Waals surface area contributed by atoms with Crippen molar-refractivity contribution >= 4 is 11.7 Å². The molecule has 1 rings (SSSR count). The number of carbonyl (C=O) groups excluding carboxylic acids is 2. The monoisotopic (exact) mass is 240 g/mol. The molecule has 0 radical (unpaired) electrons. The Kier molecular flexibility index (Phi) is 4.69. The van der Waals surface area contributed by atoms with Gasteiger partial charge in [0, 0.05) is 18.6 Å². The average molecular weight is 240 g/mol. The first-order valence-corrected chi connectivity index (χ1v) is 6.46. The van der Waals surface area contributed by atoms with Gasteiger partial charge >= 0.3 is 0 Å². The molecule has 0 aromatic heterocycles. The van der Waals surface area contributed by atoms with Crippen LogP contribution < -0.4 is 5.32 Å². The fourth-order valence-corrected chi connectivity index (χ4v) is 1.90. The number of hydrogen-bond acceptors (Lipinski definition) is 3. The number of Topliss-reactive ketones (excluding diaryl/α,β-unsaturated/α-hetero) is 1. The van der Waals surface area contributed by atoms with Crippen molar-refractivity contribution in [2.45, 2.75) is 58.5 Å². The summed E-state index contributed by atoms with van der Waals surface area (Å²) >= 11 is 0. The SMILES string of the molecule is CCCC(NC(C)(C)C)C(=O)C(=O)N1CCC1. The van der Waals surface area contributed by atoms with Crippen LogP contribution in [0.3, 0.4) is 0 Å². The molecule has 0 aliphatic carbocycles. The van der Waals surface area contributed by atoms with E-state index >= 15 is 0 Å². The van der Waals surface area contributed by atoms with Crippen molar-refractivity contribution in [3.63, 3.8) is 0 Å². The molecule has 0 aromatic carbocycles. The van der Waals surface area contributed by atoms with Crippen LogP contribution in [0.25, 0.3) is 0 Å². The summed E-state index contributed by atoms with van der Waals surface area (Å²) in [5.74, 6) is -0.590. The van der Waals surface area contributed by atoms with Crippen LogP contribution in [0.15, 0.2) is 0 Å². The molecule has 1 aliphatic rings. The van der Waals surface area contributed by atoms with Crippen LogP contribution in [0, 0.1) is 0 Å². The first kappa shape index (κ1) is 14.2. The van der Waals surface area contributed by atoms with Gasteiger partial charge in [-0.25, -0.2) is 0 Å². The highest BCUT2D eigenvalue weighted by Crippen LogP contribution is 2.11. The van der Waals surface area contributed by atoms with Gasteiger partial charge in [0.1, 0.15) is 0 Å². The number of ketones is 1. The van der Waals surface area contributed by atoms with E-state index < -0.39 is 0 Å². The fourth-order valence-electron chi connectivity index (χ4n) is 1.90. The molecule has 98 valence electrons. The lowest BCUT2D eigenvalue weighted by Crippen LogP contribution is -2.54. The highest BCUT2D eigenvalue weighted by Gasteiger charge is 2.32. The Morgan fingerprint density at radius 1 is 1.29 bits per heavy atom. The summed E-state index contributed by atoms with van der Waals surface area (Å²) in [7, 11) is 0. The lowest BCUT2D eigenvalue weighted by Gasteiger charge is -2.33. The van der Waals surface area contributed by atoms with Gasteiger partial charge in [0.25, 0.3) is 5.91 Å². The molecule has 1 saturated heterocycles. The third kappa shape index (κ3) is 4.11. The topological polar surface area (TPSA) is 49.4 Å². The minimum Gasteiger partial charge on any atom is -0.336 e. The standard InChI is InChI=1S/C13H24N2O2/c1-5-7-10(14-13(2,3)4)11(16)12(17)15-8-6-9-15/h10,14H,5-9H2,1-4H3. The summed E-state index contributed by atoms with van der Waals surface area (Å²) < 4.78 is 0. The van der Waals surface area contributed by atoms with Crippen LogP contribution in [-0.4, -0.2) is 41.3 Å². The molecule has 17 heavy (non-hydrogen) atoms. The quantitative estimate of drug-likeness (QED) is 0.738. The minimum atomic E-state index is -0.340. The fraction of sp³-hybridized carbons (Fsp3) is 0.846. The summed E-state index contributed by atoms with van der Waals surface area (Å²) in [5.41, 5.74) is -0.148. The largest absolute Gasteiger partial charge is 0.336 e. The normalized spacial score (nSPS) is 17.5. The van der Waals surface area contributed by atoms with Crippen LogP contribution >= 0.6 is 0 Å². The zero-order valence-corrected chi connectivity index (χ0v) is 11.4. The van der Waals surface area contributed by atoms with Crippen molar-refractivity contribution in [3.05, 3.63) is 0 Å². The Morgan fingerprint density at radius 2 is 1.88 bits per heavy atom. The van der Waals surface area contributed by atoms with E-state index in [1.54, 1.807) is 4.90 Å². The van der Waals surface area contributed by atoms with Crippen molar-refractivity contribution in [3.8, 4) is 0 Å². The number of amides is 1. The van der Waals surface area contributed by atoms with Crippen molar-refractivity contribution in [2.75, 3.05) is 13.1 Å². The van der Waals surface area contributed by atoms with E-state index in [9.17, 15) is 9.59 Å². The number of carbonyl (C=O) groups is 2. The maximum atomic E-state index is 12.1. The molecule has 0 spiro atoms. The second kappa shape index (κ2) is 5.63. The number of nitrogens with zero attached hydrogens (tertiary/aromatic N) is 1. The molecule has 1 unspecified atom stereocenters. The van der Waals surface area contributed by atoms with Gasteiger partial charge in [-0.1, -0.05) is 13.3 Å². The number of rotatable bonds is 5. The van der Waals surface area contributed by atoms with Gasteiger partial charge in [-0.05, 0) is 33.6 Å². The average Bonchev–Trinajstić information content (AvgIpc) is 2.11. The molecular weight excluding hydrogens is 216 g/mol. The van der Waals surface area contributed by atoms with E-state index in [-0.39, 0.29) is 23.3 Å². The van der Waals surface area contributed by atoms with Crippen molar-refractivity contribution < 1.29 is 9.59 Å². The molecule has 4 heteroatoms. The van der Waals surface area contributed by atoms with Crippen molar-refractivity contribution in [1.82, 2.24) is 10.2 Å². The van der Waals surface area contributed by atoms with Gasteiger partial charge in [0.15, 0.2) is 0 Å². The molecule has 1 fully saturated rings. The maximum Gasteiger partial charge on any atom is 0.291 e. The number of hydrogen-bond donors (Lipinski definition) is 1. The summed E-state index contributed by atoms with van der Waals surface area (Å²) in [6.07, 6.45) is 2.63.